The molecule has 0 aliphatic rings. The Hall–Kier alpha value is -2.35. The van der Waals surface area contributed by atoms with E-state index in [4.69, 9.17) is 4.42 Å². The molecule has 21 heavy (non-hydrogen) atoms. The summed E-state index contributed by atoms with van der Waals surface area (Å²) in [5.41, 5.74) is 2.82. The molecule has 0 spiro atoms. The molecule has 0 radical (unpaired) electrons. The van der Waals surface area contributed by atoms with Gasteiger partial charge in [0, 0.05) is 16.9 Å². The molecule has 3 rings (SSSR count). The molecule has 1 aromatic heterocycles. The monoisotopic (exact) mass is 278 g/mol. The average molecular weight is 278 g/mol. The molecule has 0 bridgehead atoms. The second-order valence-electron chi connectivity index (χ2n) is 5.65. The van der Waals surface area contributed by atoms with Crippen LogP contribution in [0.3, 0.4) is 0 Å². The fourth-order valence-corrected chi connectivity index (χ4v) is 2.79. The smallest absolute Gasteiger partial charge is 0.344 e. The summed E-state index contributed by atoms with van der Waals surface area (Å²) in [7, 11) is 0. The molecule has 106 valence electrons. The van der Waals surface area contributed by atoms with Crippen molar-refractivity contribution in [3.8, 4) is 11.1 Å². The molecule has 0 unspecified atom stereocenters. The molecule has 3 aromatic rings. The topological polar surface area (TPSA) is 30.2 Å². The van der Waals surface area contributed by atoms with Gasteiger partial charge in [-0.2, -0.15) is 0 Å². The van der Waals surface area contributed by atoms with Gasteiger partial charge >= 0.3 is 5.63 Å². The zero-order valence-electron chi connectivity index (χ0n) is 12.5. The first kappa shape index (κ1) is 13.6. The molecule has 0 atom stereocenters. The van der Waals surface area contributed by atoms with Crippen LogP contribution in [0.15, 0.2) is 57.7 Å². The number of hydrogen-bond acceptors (Lipinski definition) is 2. The molecule has 2 nitrogen and oxygen atoms in total. The summed E-state index contributed by atoms with van der Waals surface area (Å²) >= 11 is 0. The van der Waals surface area contributed by atoms with E-state index in [-0.39, 0.29) is 11.5 Å². The van der Waals surface area contributed by atoms with Gasteiger partial charge in [-0.05, 0) is 18.1 Å². The fraction of sp³-hybridized carbons (Fsp3) is 0.211. The largest absolute Gasteiger partial charge is 0.426 e. The lowest BCUT2D eigenvalue weighted by molar-refractivity contribution is 0.449. The molecular formula is C19H18O2. The summed E-state index contributed by atoms with van der Waals surface area (Å²) in [6, 6.07) is 16.1. The number of aryl methyl sites for hydroxylation is 1. The molecule has 1 heterocycles. The lowest BCUT2D eigenvalue weighted by Crippen LogP contribution is -2.07. The van der Waals surface area contributed by atoms with Crippen molar-refractivity contribution in [3.63, 3.8) is 0 Å². The Labute approximate surface area is 124 Å². The van der Waals surface area contributed by atoms with Gasteiger partial charge in [0.2, 0.25) is 0 Å². The predicted molar refractivity (Wildman–Crippen MR) is 86.7 cm³/mol. The summed E-state index contributed by atoms with van der Waals surface area (Å²) in [4.78, 5) is 12.3. The van der Waals surface area contributed by atoms with Crippen molar-refractivity contribution in [2.45, 2.75) is 26.7 Å². The third-order valence-electron chi connectivity index (χ3n) is 3.78. The second-order valence-corrected chi connectivity index (χ2v) is 5.65. The Morgan fingerprint density at radius 1 is 0.952 bits per heavy atom. The van der Waals surface area contributed by atoms with Crippen LogP contribution in [0.4, 0.5) is 0 Å². The van der Waals surface area contributed by atoms with Crippen molar-refractivity contribution < 1.29 is 4.42 Å². The molecule has 2 heteroatoms. The van der Waals surface area contributed by atoms with E-state index in [0.717, 1.165) is 27.8 Å². The summed E-state index contributed by atoms with van der Waals surface area (Å²) in [5.74, 6) is 0.905. The van der Waals surface area contributed by atoms with Crippen LogP contribution in [0.5, 0.6) is 0 Å². The minimum absolute atomic E-state index is 0.151. The van der Waals surface area contributed by atoms with E-state index in [1.165, 1.54) is 0 Å². The molecule has 2 aromatic carbocycles. The average Bonchev–Trinajstić information content (AvgIpc) is 2.47. The van der Waals surface area contributed by atoms with Gasteiger partial charge in [-0.15, -0.1) is 0 Å². The summed E-state index contributed by atoms with van der Waals surface area (Å²) < 4.78 is 5.66. The van der Waals surface area contributed by atoms with E-state index in [0.29, 0.717) is 5.39 Å². The standard InChI is InChI=1S/C19H18O2/c1-12(2)18-17(14-9-5-4-6-10-14)15-11-7-8-13(3)16(15)19(20)21-18/h4-12H,1-3H3. The Kier molecular flexibility index (Phi) is 3.38. The van der Waals surface area contributed by atoms with Crippen LogP contribution < -0.4 is 5.63 Å². The van der Waals surface area contributed by atoms with E-state index < -0.39 is 0 Å². The van der Waals surface area contributed by atoms with E-state index in [1.54, 1.807) is 0 Å². The molecule has 0 aliphatic carbocycles. The first-order valence-electron chi connectivity index (χ1n) is 7.21. The maximum absolute atomic E-state index is 12.3. The highest BCUT2D eigenvalue weighted by molar-refractivity contribution is 5.98. The second kappa shape index (κ2) is 5.21. The zero-order chi connectivity index (χ0) is 15.0. The number of hydrogen-bond donors (Lipinski definition) is 0. The van der Waals surface area contributed by atoms with Gasteiger partial charge in [0.25, 0.3) is 0 Å². The first-order valence-corrected chi connectivity index (χ1v) is 7.21. The van der Waals surface area contributed by atoms with Gasteiger partial charge in [0.1, 0.15) is 5.76 Å². The van der Waals surface area contributed by atoms with Crippen LogP contribution in [0.1, 0.15) is 31.1 Å². The van der Waals surface area contributed by atoms with Gasteiger partial charge in [-0.25, -0.2) is 4.79 Å². The van der Waals surface area contributed by atoms with Crippen molar-refractivity contribution in [3.05, 3.63) is 70.3 Å². The summed E-state index contributed by atoms with van der Waals surface area (Å²) in [5, 5.41) is 1.65. The molecular weight excluding hydrogens is 260 g/mol. The quantitative estimate of drug-likeness (QED) is 0.668. The van der Waals surface area contributed by atoms with Crippen molar-refractivity contribution >= 4 is 10.8 Å². The third kappa shape index (κ3) is 2.27. The van der Waals surface area contributed by atoms with Crippen LogP contribution in [0.2, 0.25) is 0 Å². The molecule has 0 amide bonds. The maximum atomic E-state index is 12.3. The van der Waals surface area contributed by atoms with Gasteiger partial charge in [0.15, 0.2) is 0 Å². The first-order chi connectivity index (χ1) is 10.1. The van der Waals surface area contributed by atoms with Crippen molar-refractivity contribution in [2.75, 3.05) is 0 Å². The normalized spacial score (nSPS) is 11.2. The molecule has 0 saturated carbocycles. The highest BCUT2D eigenvalue weighted by Crippen LogP contribution is 2.34. The maximum Gasteiger partial charge on any atom is 0.344 e. The van der Waals surface area contributed by atoms with Crippen LogP contribution in [0.25, 0.3) is 21.9 Å². The Morgan fingerprint density at radius 3 is 2.33 bits per heavy atom. The third-order valence-corrected chi connectivity index (χ3v) is 3.78. The van der Waals surface area contributed by atoms with Gasteiger partial charge in [-0.1, -0.05) is 62.4 Å². The Morgan fingerprint density at radius 2 is 1.67 bits per heavy atom. The predicted octanol–water partition coefficient (Wildman–Crippen LogP) is 4.89. The van der Waals surface area contributed by atoms with E-state index in [2.05, 4.69) is 12.1 Å². The summed E-state index contributed by atoms with van der Waals surface area (Å²) in [6.45, 7) is 6.04. The van der Waals surface area contributed by atoms with E-state index in [9.17, 15) is 4.79 Å². The summed E-state index contributed by atoms with van der Waals surface area (Å²) in [6.07, 6.45) is 0. The number of fused-ring (bicyclic) bond motifs is 1. The van der Waals surface area contributed by atoms with Crippen molar-refractivity contribution in [1.29, 1.82) is 0 Å². The molecule has 0 fully saturated rings. The van der Waals surface area contributed by atoms with E-state index in [1.807, 2.05) is 57.2 Å². The van der Waals surface area contributed by atoms with Crippen molar-refractivity contribution in [2.24, 2.45) is 0 Å². The number of rotatable bonds is 2. The van der Waals surface area contributed by atoms with Gasteiger partial charge < -0.3 is 4.42 Å². The zero-order valence-corrected chi connectivity index (χ0v) is 12.5. The van der Waals surface area contributed by atoms with Gasteiger partial charge in [-0.3, -0.25) is 0 Å². The van der Waals surface area contributed by atoms with Crippen LogP contribution in [-0.4, -0.2) is 0 Å². The molecule has 0 saturated heterocycles. The minimum atomic E-state index is -0.244. The Bertz CT molecular complexity index is 843. The Balaban J connectivity index is 2.51. The van der Waals surface area contributed by atoms with Crippen molar-refractivity contribution in [1.82, 2.24) is 0 Å². The highest BCUT2D eigenvalue weighted by atomic mass is 16.4. The van der Waals surface area contributed by atoms with Crippen LogP contribution in [-0.2, 0) is 0 Å². The molecule has 0 aliphatic heterocycles. The SMILES string of the molecule is Cc1cccc2c(-c3ccccc3)c(C(C)C)oc(=O)c12. The molecule has 0 N–H and O–H groups in total. The van der Waals surface area contributed by atoms with Crippen LogP contribution >= 0.6 is 0 Å². The van der Waals surface area contributed by atoms with E-state index >= 15 is 0 Å². The highest BCUT2D eigenvalue weighted by Gasteiger charge is 2.18. The lowest BCUT2D eigenvalue weighted by atomic mass is 9.93. The van der Waals surface area contributed by atoms with Gasteiger partial charge in [0.05, 0.1) is 5.39 Å². The lowest BCUT2D eigenvalue weighted by Gasteiger charge is -2.15. The van der Waals surface area contributed by atoms with Crippen LogP contribution in [0, 0.1) is 6.92 Å². The fourth-order valence-electron chi connectivity index (χ4n) is 2.79. The minimum Gasteiger partial charge on any atom is -0.426 e. The number of benzene rings is 2.